The molecule has 0 aliphatic carbocycles. The van der Waals surface area contributed by atoms with E-state index in [1.54, 1.807) is 0 Å². The summed E-state index contributed by atoms with van der Waals surface area (Å²) >= 11 is 0.405. The Morgan fingerprint density at radius 3 is 0.269 bits per heavy atom. The second-order valence-corrected chi connectivity index (χ2v) is 56.5. The Labute approximate surface area is 476 Å². The van der Waals surface area contributed by atoms with Gasteiger partial charge >= 0.3 is 480 Å². The van der Waals surface area contributed by atoms with Crippen molar-refractivity contribution < 1.29 is 0 Å². The maximum atomic E-state index is 2.40. The first kappa shape index (κ1) is 52.6. The SMILES string of the molecule is c1ccc([Si]([Se][Si](c2ccccc2)(c2ccccc2)c2ccccc2)(c2ccccc2)c2ccccc2)cc1.c1ccc([Si]([Se][Si](c2ccccc2)(c2ccccc2)c2ccccc2)(c2ccccc2)c2ccccc2)cc1. The topological polar surface area (TPSA) is 0 Å². The summed E-state index contributed by atoms with van der Waals surface area (Å²) in [5, 5.41) is 17.9. The molecule has 0 aromatic heterocycles. The summed E-state index contributed by atoms with van der Waals surface area (Å²) in [7, 11) is 0. The van der Waals surface area contributed by atoms with E-state index in [1.165, 1.54) is 62.2 Å². The minimum atomic E-state index is -2.48. The molecule has 0 heterocycles. The van der Waals surface area contributed by atoms with Crippen molar-refractivity contribution in [2.45, 2.75) is 0 Å². The Morgan fingerprint density at radius 1 is 0.115 bits per heavy atom. The van der Waals surface area contributed by atoms with Crippen molar-refractivity contribution in [1.29, 1.82) is 0 Å². The predicted molar refractivity (Wildman–Crippen MR) is 347 cm³/mol. The van der Waals surface area contributed by atoms with Crippen LogP contribution in [-0.4, -0.2) is 54.1 Å². The third kappa shape index (κ3) is 10.5. The van der Waals surface area contributed by atoms with Gasteiger partial charge in [-0.25, -0.2) is 0 Å². The summed E-state index contributed by atoms with van der Waals surface area (Å²) in [6.07, 6.45) is 0. The first-order valence-corrected chi connectivity index (χ1v) is 44.7. The molecule has 0 bridgehead atoms. The quantitative estimate of drug-likeness (QED) is 0.0680. The van der Waals surface area contributed by atoms with Crippen LogP contribution < -0.4 is 62.2 Å². The molecule has 0 fully saturated rings. The number of rotatable bonds is 16. The fraction of sp³-hybridized carbons (Fsp3) is 0. The van der Waals surface area contributed by atoms with E-state index >= 15 is 0 Å². The predicted octanol–water partition coefficient (Wildman–Crippen LogP) is 8.05. The molecule has 12 rings (SSSR count). The molecule has 0 saturated heterocycles. The molecule has 0 unspecified atom stereocenters. The van der Waals surface area contributed by atoms with E-state index < -0.39 is 26.7 Å². The number of hydrogen-bond donors (Lipinski definition) is 0. The molecule has 0 aliphatic heterocycles. The Balaban J connectivity index is 0.000000165. The van der Waals surface area contributed by atoms with Crippen LogP contribution in [0.25, 0.3) is 0 Å². The molecule has 12 aromatic rings. The molecule has 0 saturated carbocycles. The van der Waals surface area contributed by atoms with E-state index in [2.05, 4.69) is 364 Å². The summed E-state index contributed by atoms with van der Waals surface area (Å²) in [5.74, 6) is 0. The molecule has 0 N–H and O–H groups in total. The third-order valence-corrected chi connectivity index (χ3v) is 74.4. The molecule has 78 heavy (non-hydrogen) atoms. The van der Waals surface area contributed by atoms with Gasteiger partial charge in [0.05, 0.1) is 0 Å². The Hall–Kier alpha value is -7.45. The number of benzene rings is 12. The van der Waals surface area contributed by atoms with Crippen LogP contribution in [0.3, 0.4) is 0 Å². The Kier molecular flexibility index (Phi) is 16.8. The maximum absolute atomic E-state index is 2.48. The molecule has 0 radical (unpaired) electrons. The summed E-state index contributed by atoms with van der Waals surface area (Å²) in [5.41, 5.74) is 0. The fourth-order valence-electron chi connectivity index (χ4n) is 11.2. The second-order valence-electron chi connectivity index (χ2n) is 19.3. The van der Waals surface area contributed by atoms with E-state index in [0.29, 0.717) is 0 Å². The molecule has 0 aliphatic rings. The van der Waals surface area contributed by atoms with Gasteiger partial charge in [-0.15, -0.1) is 0 Å². The fourth-order valence-corrected chi connectivity index (χ4v) is 86.8. The average molecular weight is 1200 g/mol. The zero-order chi connectivity index (χ0) is 52.8. The first-order valence-electron chi connectivity index (χ1n) is 26.7. The van der Waals surface area contributed by atoms with Gasteiger partial charge in [-0.1, -0.05) is 0 Å². The molecule has 376 valence electrons. The van der Waals surface area contributed by atoms with Crippen LogP contribution >= 0.6 is 0 Å². The van der Waals surface area contributed by atoms with E-state index in [0.717, 1.165) is 0 Å². The van der Waals surface area contributed by atoms with Gasteiger partial charge in [-0.05, 0) is 0 Å². The molecule has 0 atom stereocenters. The third-order valence-electron chi connectivity index (χ3n) is 14.8. The summed E-state index contributed by atoms with van der Waals surface area (Å²) in [4.78, 5) is 0. The van der Waals surface area contributed by atoms with Crippen LogP contribution in [0.4, 0.5) is 0 Å². The Bertz CT molecular complexity index is 2800. The van der Waals surface area contributed by atoms with Crippen LogP contribution in [0, 0.1) is 0 Å². The number of hydrogen-bond acceptors (Lipinski definition) is 0. The van der Waals surface area contributed by atoms with Crippen LogP contribution in [0.15, 0.2) is 364 Å². The normalized spacial score (nSPS) is 11.7. The van der Waals surface area contributed by atoms with Crippen molar-refractivity contribution in [2.24, 2.45) is 0 Å². The van der Waals surface area contributed by atoms with Gasteiger partial charge in [0, 0.05) is 0 Å². The molecule has 6 heteroatoms. The van der Waals surface area contributed by atoms with Gasteiger partial charge < -0.3 is 0 Å². The second kappa shape index (κ2) is 24.9. The van der Waals surface area contributed by atoms with E-state index in [1.807, 2.05) is 0 Å². The monoisotopic (exact) mass is 1200 g/mol. The van der Waals surface area contributed by atoms with Crippen molar-refractivity contribution in [3.63, 3.8) is 0 Å². The van der Waals surface area contributed by atoms with Crippen molar-refractivity contribution >= 4 is 116 Å². The standard InChI is InChI=1S/2C36H30SeSi2/c2*1-7-19-31(20-8-1)38(32-21-9-2-10-22-32,33-23-11-3-12-24-33)37-39(34-25-13-4-14-26-34,35-27-15-5-16-28-35)36-29-17-6-18-30-36/h2*1-30H. The van der Waals surface area contributed by atoms with Crippen LogP contribution in [0.5, 0.6) is 0 Å². The van der Waals surface area contributed by atoms with Gasteiger partial charge in [0.25, 0.3) is 0 Å². The van der Waals surface area contributed by atoms with Gasteiger partial charge in [0.1, 0.15) is 0 Å². The molecule has 12 aromatic carbocycles. The van der Waals surface area contributed by atoms with Crippen molar-refractivity contribution in [2.75, 3.05) is 0 Å². The molecular formula is C72H60Se2Si4. The van der Waals surface area contributed by atoms with E-state index in [-0.39, 0.29) is 27.4 Å². The van der Waals surface area contributed by atoms with Crippen LogP contribution in [0.1, 0.15) is 0 Å². The van der Waals surface area contributed by atoms with Crippen molar-refractivity contribution in [1.82, 2.24) is 0 Å². The van der Waals surface area contributed by atoms with Crippen LogP contribution in [0.2, 0.25) is 0 Å². The van der Waals surface area contributed by atoms with Gasteiger partial charge in [0.15, 0.2) is 0 Å². The summed E-state index contributed by atoms with van der Waals surface area (Å²) in [6, 6.07) is 137. The van der Waals surface area contributed by atoms with E-state index in [9.17, 15) is 0 Å². The average Bonchev–Trinajstić information content (AvgIpc) is 3.64. The first-order chi connectivity index (χ1) is 38.7. The summed E-state index contributed by atoms with van der Waals surface area (Å²) in [6.45, 7) is -9.93. The summed E-state index contributed by atoms with van der Waals surface area (Å²) < 4.78 is 0. The van der Waals surface area contributed by atoms with Crippen molar-refractivity contribution in [3.05, 3.63) is 364 Å². The van der Waals surface area contributed by atoms with Gasteiger partial charge in [-0.2, -0.15) is 0 Å². The van der Waals surface area contributed by atoms with Crippen molar-refractivity contribution in [3.8, 4) is 0 Å². The van der Waals surface area contributed by atoms with Gasteiger partial charge in [0.2, 0.25) is 0 Å². The zero-order valence-corrected chi connectivity index (χ0v) is 50.9. The molecular weight excluding hydrogens is 1140 g/mol. The van der Waals surface area contributed by atoms with Crippen LogP contribution in [-0.2, 0) is 0 Å². The van der Waals surface area contributed by atoms with Gasteiger partial charge in [-0.3, -0.25) is 0 Å². The molecule has 0 spiro atoms. The molecule has 0 amide bonds. The Morgan fingerprint density at radius 2 is 0.192 bits per heavy atom. The van der Waals surface area contributed by atoms with E-state index in [4.69, 9.17) is 0 Å². The minimum absolute atomic E-state index is 0.202. The molecule has 0 nitrogen and oxygen atoms in total. The zero-order valence-electron chi connectivity index (χ0n) is 43.5.